The van der Waals surface area contributed by atoms with Gasteiger partial charge in [0.25, 0.3) is 0 Å². The molecule has 0 aromatic heterocycles. The van der Waals surface area contributed by atoms with Crippen LogP contribution in [0.15, 0.2) is 18.2 Å². The Hall–Kier alpha value is -2.44. The lowest BCUT2D eigenvalue weighted by Crippen LogP contribution is -2.48. The number of hydrogen-bond donors (Lipinski definition) is 1. The van der Waals surface area contributed by atoms with Crippen LogP contribution in [0.2, 0.25) is 0 Å². The Morgan fingerprint density at radius 3 is 2.42 bits per heavy atom. The first-order chi connectivity index (χ1) is 12.4. The zero-order valence-corrected chi connectivity index (χ0v) is 15.5. The molecule has 0 saturated carbocycles. The highest BCUT2D eigenvalue weighted by Gasteiger charge is 2.42. The second-order valence-corrected chi connectivity index (χ2v) is 7.08. The lowest BCUT2D eigenvalue weighted by atomic mass is 9.76. The molecular formula is C20H23NO5. The summed E-state index contributed by atoms with van der Waals surface area (Å²) in [7, 11) is 6.43. The Morgan fingerprint density at radius 2 is 1.77 bits per heavy atom. The minimum Gasteiger partial charge on any atom is -0.633 e. The number of ether oxygens (including phenoxy) is 3. The molecule has 6 heteroatoms. The number of rotatable bonds is 3. The van der Waals surface area contributed by atoms with Gasteiger partial charge >= 0.3 is 0 Å². The second-order valence-electron chi connectivity index (χ2n) is 7.08. The maximum absolute atomic E-state index is 13.2. The third kappa shape index (κ3) is 2.19. The molecule has 1 aliphatic carbocycles. The number of nitrogens with zero attached hydrogens (tertiary/aromatic N) is 1. The van der Waals surface area contributed by atoms with Gasteiger partial charge in [-0.3, -0.25) is 0 Å². The van der Waals surface area contributed by atoms with Crippen molar-refractivity contribution in [3.05, 3.63) is 40.1 Å². The molecule has 0 bridgehead atoms. The van der Waals surface area contributed by atoms with Crippen molar-refractivity contribution in [2.45, 2.75) is 18.9 Å². The molecule has 1 N–H and O–H groups in total. The fourth-order valence-corrected chi connectivity index (χ4v) is 4.40. The van der Waals surface area contributed by atoms with Crippen LogP contribution in [0.25, 0.3) is 11.1 Å². The minimum absolute atomic E-state index is 0.0721. The molecular weight excluding hydrogens is 334 g/mol. The molecule has 26 heavy (non-hydrogen) atoms. The van der Waals surface area contributed by atoms with Gasteiger partial charge in [-0.15, -0.1) is 0 Å². The summed E-state index contributed by atoms with van der Waals surface area (Å²) in [5.74, 6) is 1.62. The zero-order chi connectivity index (χ0) is 18.6. The standard InChI is InChI=1S/C20H23NO5/c1-21(23)8-7-12-10-15(25-3)20(26-4)18-16(12)13(21)9-11-5-6-14(24-2)19(22)17(11)18/h5-6,10,13,22H,7-9H2,1-4H3. The molecule has 138 valence electrons. The Kier molecular flexibility index (Phi) is 3.78. The molecule has 0 saturated heterocycles. The summed E-state index contributed by atoms with van der Waals surface area (Å²) in [5, 5.41) is 24.0. The van der Waals surface area contributed by atoms with Gasteiger partial charge in [-0.05, 0) is 23.3 Å². The first-order valence-corrected chi connectivity index (χ1v) is 8.66. The van der Waals surface area contributed by atoms with Crippen LogP contribution in [-0.2, 0) is 12.8 Å². The fraction of sp³-hybridized carbons (Fsp3) is 0.400. The van der Waals surface area contributed by atoms with Crippen LogP contribution in [0.3, 0.4) is 0 Å². The predicted octanol–water partition coefficient (Wildman–Crippen LogP) is 3.18. The topological polar surface area (TPSA) is 71.0 Å². The highest BCUT2D eigenvalue weighted by atomic mass is 16.5. The van der Waals surface area contributed by atoms with Crippen LogP contribution < -0.4 is 14.2 Å². The van der Waals surface area contributed by atoms with Crippen LogP contribution in [0.1, 0.15) is 22.7 Å². The summed E-state index contributed by atoms with van der Waals surface area (Å²) in [4.78, 5) is 0. The van der Waals surface area contributed by atoms with E-state index in [0.717, 1.165) is 22.3 Å². The first kappa shape index (κ1) is 17.0. The van der Waals surface area contributed by atoms with Crippen molar-refractivity contribution in [2.75, 3.05) is 34.9 Å². The third-order valence-corrected chi connectivity index (χ3v) is 5.72. The molecule has 2 aromatic rings. The number of likely N-dealkylation sites (N-methyl/N-ethyl adjacent to an activating group) is 1. The van der Waals surface area contributed by atoms with Gasteiger partial charge in [0.15, 0.2) is 23.0 Å². The highest BCUT2D eigenvalue weighted by molar-refractivity contribution is 5.88. The fourth-order valence-electron chi connectivity index (χ4n) is 4.40. The van der Waals surface area contributed by atoms with Crippen molar-refractivity contribution in [3.8, 4) is 34.1 Å². The van der Waals surface area contributed by atoms with Gasteiger partial charge in [-0.1, -0.05) is 6.07 Å². The largest absolute Gasteiger partial charge is 0.633 e. The summed E-state index contributed by atoms with van der Waals surface area (Å²) in [5.41, 5.74) is 4.39. The average Bonchev–Trinajstić information content (AvgIpc) is 2.64. The summed E-state index contributed by atoms with van der Waals surface area (Å²) in [6, 6.07) is 5.40. The number of phenols is 1. The first-order valence-electron chi connectivity index (χ1n) is 8.66. The van der Waals surface area contributed by atoms with Crippen LogP contribution in [-0.4, -0.2) is 44.7 Å². The second kappa shape index (κ2) is 5.79. The Balaban J connectivity index is 2.13. The van der Waals surface area contributed by atoms with Crippen molar-refractivity contribution in [1.82, 2.24) is 0 Å². The molecule has 2 aliphatic rings. The molecule has 0 radical (unpaired) electrons. The van der Waals surface area contributed by atoms with E-state index in [1.54, 1.807) is 27.3 Å². The third-order valence-electron chi connectivity index (χ3n) is 5.72. The lowest BCUT2D eigenvalue weighted by Gasteiger charge is -2.51. The smallest absolute Gasteiger partial charge is 0.169 e. The number of aromatic hydroxyl groups is 1. The number of methoxy groups -OCH3 is 3. The van der Waals surface area contributed by atoms with Gasteiger partial charge in [0.05, 0.1) is 34.9 Å². The highest BCUT2D eigenvalue weighted by Crippen LogP contribution is 2.57. The van der Waals surface area contributed by atoms with E-state index < -0.39 is 0 Å². The van der Waals surface area contributed by atoms with E-state index in [2.05, 4.69) is 0 Å². The van der Waals surface area contributed by atoms with E-state index in [1.807, 2.05) is 12.1 Å². The summed E-state index contributed by atoms with van der Waals surface area (Å²) in [6.45, 7) is 0.518. The normalized spacial score (nSPS) is 23.0. The van der Waals surface area contributed by atoms with E-state index in [4.69, 9.17) is 14.2 Å². The maximum atomic E-state index is 13.2. The van der Waals surface area contributed by atoms with Crippen LogP contribution in [0.5, 0.6) is 23.0 Å². The zero-order valence-electron chi connectivity index (χ0n) is 15.5. The quantitative estimate of drug-likeness (QED) is 0.675. The number of hydrogen-bond acceptors (Lipinski definition) is 5. The van der Waals surface area contributed by atoms with Crippen molar-refractivity contribution < 1.29 is 24.0 Å². The van der Waals surface area contributed by atoms with E-state index >= 15 is 0 Å². The van der Waals surface area contributed by atoms with E-state index in [-0.39, 0.29) is 16.4 Å². The number of quaternary nitrogens is 1. The molecule has 0 fully saturated rings. The van der Waals surface area contributed by atoms with Gasteiger partial charge in [0.2, 0.25) is 0 Å². The SMILES string of the molecule is COc1ccc2c(c1O)-c1c(OC)c(OC)cc3c1C(C2)[N+](C)([O-])CC3. The minimum atomic E-state index is -0.332. The predicted molar refractivity (Wildman–Crippen MR) is 97.8 cm³/mol. The molecule has 2 atom stereocenters. The Bertz CT molecular complexity index is 891. The van der Waals surface area contributed by atoms with Gasteiger partial charge in [-0.2, -0.15) is 0 Å². The average molecular weight is 357 g/mol. The monoisotopic (exact) mass is 357 g/mol. The molecule has 0 amide bonds. The van der Waals surface area contributed by atoms with E-state index in [9.17, 15) is 10.3 Å². The molecule has 1 aliphatic heterocycles. The van der Waals surface area contributed by atoms with Crippen LogP contribution in [0, 0.1) is 5.21 Å². The molecule has 4 rings (SSSR count). The van der Waals surface area contributed by atoms with Crippen molar-refractivity contribution in [3.63, 3.8) is 0 Å². The summed E-state index contributed by atoms with van der Waals surface area (Å²) in [6.07, 6.45) is 1.24. The molecule has 1 heterocycles. The van der Waals surface area contributed by atoms with Crippen molar-refractivity contribution >= 4 is 0 Å². The molecule has 2 aromatic carbocycles. The Labute approximate surface area is 152 Å². The van der Waals surface area contributed by atoms with Gasteiger partial charge in [-0.25, -0.2) is 0 Å². The van der Waals surface area contributed by atoms with Crippen molar-refractivity contribution in [1.29, 1.82) is 0 Å². The summed E-state index contributed by atoms with van der Waals surface area (Å²) >= 11 is 0. The number of hydroxylamine groups is 3. The van der Waals surface area contributed by atoms with Gasteiger partial charge in [0.1, 0.15) is 6.04 Å². The van der Waals surface area contributed by atoms with Crippen molar-refractivity contribution in [2.24, 2.45) is 0 Å². The van der Waals surface area contributed by atoms with Crippen LogP contribution in [0.4, 0.5) is 0 Å². The maximum Gasteiger partial charge on any atom is 0.169 e. The molecule has 2 unspecified atom stereocenters. The van der Waals surface area contributed by atoms with Gasteiger partial charge in [0, 0.05) is 29.5 Å². The number of phenolic OH excluding ortho intramolecular Hbond substituents is 1. The van der Waals surface area contributed by atoms with Gasteiger partial charge < -0.3 is 29.2 Å². The van der Waals surface area contributed by atoms with E-state index in [1.165, 1.54) is 7.11 Å². The summed E-state index contributed by atoms with van der Waals surface area (Å²) < 4.78 is 16.2. The van der Waals surface area contributed by atoms with E-state index in [0.29, 0.717) is 42.2 Å². The Morgan fingerprint density at radius 1 is 1.04 bits per heavy atom. The molecule has 6 nitrogen and oxygen atoms in total. The number of fused-ring (bicyclic) bond motifs is 2. The molecule has 0 spiro atoms. The number of benzene rings is 2. The lowest BCUT2D eigenvalue weighted by molar-refractivity contribution is -0.894. The van der Waals surface area contributed by atoms with Crippen LogP contribution >= 0.6 is 0 Å².